The van der Waals surface area contributed by atoms with Crippen molar-refractivity contribution in [2.45, 2.75) is 25.7 Å². The maximum atomic E-state index is 11.3. The molecule has 0 aromatic heterocycles. The third-order valence-corrected chi connectivity index (χ3v) is 2.95. The van der Waals surface area contributed by atoms with E-state index in [4.69, 9.17) is 11.6 Å². The van der Waals surface area contributed by atoms with Gasteiger partial charge in [-0.3, -0.25) is 4.79 Å². The molecule has 0 saturated heterocycles. The third kappa shape index (κ3) is 1.49. The lowest BCUT2D eigenvalue weighted by molar-refractivity contribution is -0.119. The second-order valence-electron chi connectivity index (χ2n) is 3.63. The molecule has 1 nitrogen and oxygen atoms in total. The van der Waals surface area contributed by atoms with Crippen LogP contribution in [-0.4, -0.2) is 5.78 Å². The number of halogens is 1. The van der Waals surface area contributed by atoms with Gasteiger partial charge in [-0.15, -0.1) is 0 Å². The van der Waals surface area contributed by atoms with Crippen LogP contribution in [0.3, 0.4) is 0 Å². The van der Waals surface area contributed by atoms with E-state index in [0.717, 1.165) is 10.6 Å². The van der Waals surface area contributed by atoms with Crippen LogP contribution in [0.1, 0.15) is 30.4 Å². The van der Waals surface area contributed by atoms with Crippen molar-refractivity contribution >= 4 is 17.4 Å². The Kier molecular flexibility index (Phi) is 2.12. The number of carbonyl (C=O) groups excluding carboxylic acids is 1. The van der Waals surface area contributed by atoms with Crippen molar-refractivity contribution in [1.29, 1.82) is 0 Å². The minimum absolute atomic E-state index is 0.299. The van der Waals surface area contributed by atoms with Gasteiger partial charge in [0.15, 0.2) is 0 Å². The van der Waals surface area contributed by atoms with Crippen molar-refractivity contribution in [3.63, 3.8) is 0 Å². The van der Waals surface area contributed by atoms with Gasteiger partial charge in [-0.2, -0.15) is 0 Å². The summed E-state index contributed by atoms with van der Waals surface area (Å²) in [6.45, 7) is 2.08. The SMILES string of the molecule is CC1CC(=O)Cc2c(Cl)cccc21. The van der Waals surface area contributed by atoms with Gasteiger partial charge in [-0.25, -0.2) is 0 Å². The number of hydrogen-bond donors (Lipinski definition) is 0. The Labute approximate surface area is 82.7 Å². The molecular weight excluding hydrogens is 184 g/mol. The Morgan fingerprint density at radius 3 is 3.00 bits per heavy atom. The van der Waals surface area contributed by atoms with Gasteiger partial charge < -0.3 is 0 Å². The molecule has 0 bridgehead atoms. The topological polar surface area (TPSA) is 17.1 Å². The van der Waals surface area contributed by atoms with E-state index >= 15 is 0 Å². The van der Waals surface area contributed by atoms with E-state index < -0.39 is 0 Å². The molecule has 0 amide bonds. The Bertz CT molecular complexity index is 357. The molecule has 68 valence electrons. The van der Waals surface area contributed by atoms with Gasteiger partial charge in [0, 0.05) is 17.9 Å². The molecule has 1 aromatic carbocycles. The molecule has 2 heteroatoms. The van der Waals surface area contributed by atoms with Crippen LogP contribution in [0.4, 0.5) is 0 Å². The van der Waals surface area contributed by atoms with Crippen molar-refractivity contribution in [1.82, 2.24) is 0 Å². The highest BCUT2D eigenvalue weighted by Crippen LogP contribution is 2.33. The molecule has 2 rings (SSSR count). The monoisotopic (exact) mass is 194 g/mol. The van der Waals surface area contributed by atoms with E-state index in [0.29, 0.717) is 24.5 Å². The summed E-state index contributed by atoms with van der Waals surface area (Å²) in [5.41, 5.74) is 2.28. The molecule has 1 aromatic rings. The molecule has 0 saturated carbocycles. The van der Waals surface area contributed by atoms with Gasteiger partial charge in [0.1, 0.15) is 5.78 Å². The summed E-state index contributed by atoms with van der Waals surface area (Å²) in [6, 6.07) is 5.87. The molecule has 0 N–H and O–H groups in total. The van der Waals surface area contributed by atoms with Crippen molar-refractivity contribution in [3.8, 4) is 0 Å². The summed E-state index contributed by atoms with van der Waals surface area (Å²) in [7, 11) is 0. The smallest absolute Gasteiger partial charge is 0.137 e. The second-order valence-corrected chi connectivity index (χ2v) is 4.04. The van der Waals surface area contributed by atoms with Crippen LogP contribution in [0.5, 0.6) is 0 Å². The number of carbonyl (C=O) groups is 1. The zero-order valence-electron chi connectivity index (χ0n) is 7.51. The molecule has 1 atom stereocenters. The van der Waals surface area contributed by atoms with E-state index in [2.05, 4.69) is 13.0 Å². The second kappa shape index (κ2) is 3.15. The first-order valence-electron chi connectivity index (χ1n) is 4.47. The number of ketones is 1. The summed E-state index contributed by atoms with van der Waals surface area (Å²) >= 11 is 6.02. The molecular formula is C11H11ClO. The van der Waals surface area contributed by atoms with E-state index in [9.17, 15) is 4.79 Å². The predicted octanol–water partition coefficient (Wildman–Crippen LogP) is 2.96. The van der Waals surface area contributed by atoms with E-state index in [1.807, 2.05) is 12.1 Å². The van der Waals surface area contributed by atoms with Gasteiger partial charge in [-0.1, -0.05) is 30.7 Å². The molecule has 13 heavy (non-hydrogen) atoms. The first kappa shape index (κ1) is 8.76. The van der Waals surface area contributed by atoms with Crippen LogP contribution in [0, 0.1) is 0 Å². The standard InChI is InChI=1S/C11H11ClO/c1-7-5-8(13)6-10-9(7)3-2-4-11(10)12/h2-4,7H,5-6H2,1H3. The van der Waals surface area contributed by atoms with Crippen LogP contribution in [0.2, 0.25) is 5.02 Å². The molecule has 0 spiro atoms. The van der Waals surface area contributed by atoms with Gasteiger partial charge in [0.25, 0.3) is 0 Å². The normalized spacial score (nSPS) is 21.4. The quantitative estimate of drug-likeness (QED) is 0.621. The zero-order valence-corrected chi connectivity index (χ0v) is 8.27. The number of hydrogen-bond acceptors (Lipinski definition) is 1. The first-order chi connectivity index (χ1) is 6.18. The fourth-order valence-corrected chi connectivity index (χ4v) is 2.19. The minimum Gasteiger partial charge on any atom is -0.299 e. The van der Waals surface area contributed by atoms with E-state index in [1.54, 1.807) is 0 Å². The highest BCUT2D eigenvalue weighted by atomic mass is 35.5. The van der Waals surface area contributed by atoms with Crippen molar-refractivity contribution in [3.05, 3.63) is 34.3 Å². The van der Waals surface area contributed by atoms with Gasteiger partial charge in [0.2, 0.25) is 0 Å². The molecule has 0 aliphatic heterocycles. The van der Waals surface area contributed by atoms with Gasteiger partial charge >= 0.3 is 0 Å². The largest absolute Gasteiger partial charge is 0.299 e. The molecule has 0 heterocycles. The highest BCUT2D eigenvalue weighted by molar-refractivity contribution is 6.31. The minimum atomic E-state index is 0.299. The fourth-order valence-electron chi connectivity index (χ4n) is 1.94. The zero-order chi connectivity index (χ0) is 9.42. The molecule has 0 radical (unpaired) electrons. The van der Waals surface area contributed by atoms with E-state index in [-0.39, 0.29) is 0 Å². The maximum absolute atomic E-state index is 11.3. The number of fused-ring (bicyclic) bond motifs is 1. The van der Waals surface area contributed by atoms with E-state index in [1.165, 1.54) is 5.56 Å². The molecule has 1 unspecified atom stereocenters. The van der Waals surface area contributed by atoms with Crippen molar-refractivity contribution in [2.24, 2.45) is 0 Å². The molecule has 1 aliphatic rings. The third-order valence-electron chi connectivity index (χ3n) is 2.59. The lowest BCUT2D eigenvalue weighted by Crippen LogP contribution is -2.16. The Balaban J connectivity index is 2.54. The predicted molar refractivity (Wildman–Crippen MR) is 53.2 cm³/mol. The first-order valence-corrected chi connectivity index (χ1v) is 4.85. The van der Waals surface area contributed by atoms with Crippen molar-refractivity contribution < 1.29 is 4.79 Å². The van der Waals surface area contributed by atoms with Crippen LogP contribution >= 0.6 is 11.6 Å². The Morgan fingerprint density at radius 1 is 1.46 bits per heavy atom. The van der Waals surface area contributed by atoms with Crippen LogP contribution in [0.15, 0.2) is 18.2 Å². The number of rotatable bonds is 0. The molecule has 1 aliphatic carbocycles. The molecule has 0 fully saturated rings. The van der Waals surface area contributed by atoms with Crippen LogP contribution < -0.4 is 0 Å². The average molecular weight is 195 g/mol. The van der Waals surface area contributed by atoms with Crippen LogP contribution in [0.25, 0.3) is 0 Å². The average Bonchev–Trinajstić information content (AvgIpc) is 2.07. The lowest BCUT2D eigenvalue weighted by Gasteiger charge is -2.21. The highest BCUT2D eigenvalue weighted by Gasteiger charge is 2.23. The number of Topliss-reactive ketones (excluding diaryl/α,β-unsaturated/α-hetero) is 1. The summed E-state index contributed by atoms with van der Waals surface area (Å²) in [4.78, 5) is 11.3. The maximum Gasteiger partial charge on any atom is 0.137 e. The van der Waals surface area contributed by atoms with Crippen LogP contribution in [-0.2, 0) is 11.2 Å². The summed E-state index contributed by atoms with van der Waals surface area (Å²) < 4.78 is 0. The number of benzene rings is 1. The Hall–Kier alpha value is -0.820. The van der Waals surface area contributed by atoms with Crippen molar-refractivity contribution in [2.75, 3.05) is 0 Å². The van der Waals surface area contributed by atoms with Gasteiger partial charge in [0.05, 0.1) is 0 Å². The fraction of sp³-hybridized carbons (Fsp3) is 0.364. The lowest BCUT2D eigenvalue weighted by atomic mass is 9.83. The Morgan fingerprint density at radius 2 is 2.23 bits per heavy atom. The van der Waals surface area contributed by atoms with Gasteiger partial charge in [-0.05, 0) is 23.1 Å². The summed E-state index contributed by atoms with van der Waals surface area (Å²) in [5, 5.41) is 0.734. The summed E-state index contributed by atoms with van der Waals surface area (Å²) in [5.74, 6) is 0.628. The summed E-state index contributed by atoms with van der Waals surface area (Å²) in [6.07, 6.45) is 1.17.